The van der Waals surface area contributed by atoms with E-state index < -0.39 is 5.91 Å². The Hall–Kier alpha value is -3.41. The fraction of sp³-hybridized carbons (Fsp3) is 0.261. The number of hydrogen-bond acceptors (Lipinski definition) is 4. The number of ether oxygens (including phenoxy) is 1. The predicted molar refractivity (Wildman–Crippen MR) is 113 cm³/mol. The molecule has 1 amide bonds. The Morgan fingerprint density at radius 1 is 1.10 bits per heavy atom. The first-order chi connectivity index (χ1) is 13.9. The molecule has 0 fully saturated rings. The molecular weight excluding hydrogens is 368 g/mol. The molecule has 3 aromatic rings. The molecule has 152 valence electrons. The number of amides is 1. The second-order valence-electron chi connectivity index (χ2n) is 7.12. The minimum Gasteiger partial charge on any atom is -0.505 e. The molecule has 0 saturated heterocycles. The number of anilines is 1. The van der Waals surface area contributed by atoms with Crippen LogP contribution >= 0.6 is 0 Å². The van der Waals surface area contributed by atoms with Gasteiger partial charge in [0.2, 0.25) is 5.88 Å². The molecule has 0 bridgehead atoms. The van der Waals surface area contributed by atoms with Crippen LogP contribution in [0.4, 0.5) is 5.69 Å². The Kier molecular flexibility index (Phi) is 6.12. The van der Waals surface area contributed by atoms with Gasteiger partial charge in [-0.15, -0.1) is 0 Å². The summed E-state index contributed by atoms with van der Waals surface area (Å²) in [5.74, 6) is -0.270. The van der Waals surface area contributed by atoms with Crippen LogP contribution in [0, 0.1) is 0 Å². The predicted octanol–water partition coefficient (Wildman–Crippen LogP) is 5.05. The molecule has 0 aliphatic carbocycles. The molecule has 29 heavy (non-hydrogen) atoms. The summed E-state index contributed by atoms with van der Waals surface area (Å²) in [5, 5.41) is 23.7. The zero-order valence-electron chi connectivity index (χ0n) is 16.8. The van der Waals surface area contributed by atoms with Gasteiger partial charge in [0.15, 0.2) is 0 Å². The van der Waals surface area contributed by atoms with Gasteiger partial charge in [-0.2, -0.15) is 0 Å². The number of benzene rings is 2. The average molecular weight is 394 g/mol. The van der Waals surface area contributed by atoms with Gasteiger partial charge >= 0.3 is 0 Å². The summed E-state index contributed by atoms with van der Waals surface area (Å²) in [6, 6.07) is 14.5. The van der Waals surface area contributed by atoms with Gasteiger partial charge in [-0.3, -0.25) is 9.36 Å². The monoisotopic (exact) mass is 394 g/mol. The molecule has 1 heterocycles. The van der Waals surface area contributed by atoms with Crippen LogP contribution in [-0.2, 0) is 0 Å². The van der Waals surface area contributed by atoms with Crippen LogP contribution in [0.5, 0.6) is 17.4 Å². The van der Waals surface area contributed by atoms with E-state index >= 15 is 0 Å². The van der Waals surface area contributed by atoms with E-state index in [1.165, 1.54) is 10.8 Å². The first kappa shape index (κ1) is 20.3. The van der Waals surface area contributed by atoms with Gasteiger partial charge in [-0.25, -0.2) is 0 Å². The number of rotatable bonds is 7. The SMILES string of the molecule is CCCOc1ccc(-n2cc(O)c(C(=O)Nc3ccccc3C(C)C)c2O)cc1. The Morgan fingerprint density at radius 2 is 1.79 bits per heavy atom. The maximum atomic E-state index is 12.8. The zero-order valence-corrected chi connectivity index (χ0v) is 16.8. The lowest BCUT2D eigenvalue weighted by Gasteiger charge is -2.13. The van der Waals surface area contributed by atoms with Crippen molar-refractivity contribution in [2.75, 3.05) is 11.9 Å². The highest BCUT2D eigenvalue weighted by molar-refractivity contribution is 6.08. The summed E-state index contributed by atoms with van der Waals surface area (Å²) < 4.78 is 6.92. The maximum absolute atomic E-state index is 12.8. The number of nitrogens with zero attached hydrogens (tertiary/aromatic N) is 1. The van der Waals surface area contributed by atoms with E-state index in [0.29, 0.717) is 18.0 Å². The lowest BCUT2D eigenvalue weighted by atomic mass is 10.0. The van der Waals surface area contributed by atoms with E-state index in [0.717, 1.165) is 17.7 Å². The van der Waals surface area contributed by atoms with Crippen LogP contribution in [0.1, 0.15) is 49.0 Å². The quantitative estimate of drug-likeness (QED) is 0.523. The lowest BCUT2D eigenvalue weighted by molar-refractivity contribution is 0.102. The molecule has 0 saturated carbocycles. The first-order valence-electron chi connectivity index (χ1n) is 9.69. The normalized spacial score (nSPS) is 10.9. The minimum atomic E-state index is -0.574. The molecule has 0 aliphatic rings. The van der Waals surface area contributed by atoms with Crippen molar-refractivity contribution in [1.29, 1.82) is 0 Å². The van der Waals surface area contributed by atoms with Crippen LogP contribution in [0.25, 0.3) is 5.69 Å². The van der Waals surface area contributed by atoms with Crippen molar-refractivity contribution in [1.82, 2.24) is 4.57 Å². The zero-order chi connectivity index (χ0) is 21.0. The van der Waals surface area contributed by atoms with Crippen molar-refractivity contribution >= 4 is 11.6 Å². The summed E-state index contributed by atoms with van der Waals surface area (Å²) in [5.41, 5.74) is 2.05. The van der Waals surface area contributed by atoms with E-state index in [9.17, 15) is 15.0 Å². The molecule has 3 rings (SSSR count). The van der Waals surface area contributed by atoms with Crippen molar-refractivity contribution in [3.05, 3.63) is 65.9 Å². The first-order valence-corrected chi connectivity index (χ1v) is 9.69. The minimum absolute atomic E-state index is 0.171. The highest BCUT2D eigenvalue weighted by Crippen LogP contribution is 2.34. The van der Waals surface area contributed by atoms with Crippen LogP contribution in [0.2, 0.25) is 0 Å². The van der Waals surface area contributed by atoms with Gasteiger partial charge in [0.25, 0.3) is 5.91 Å². The molecule has 6 heteroatoms. The molecule has 0 radical (unpaired) electrons. The molecule has 3 N–H and O–H groups in total. The molecule has 0 unspecified atom stereocenters. The van der Waals surface area contributed by atoms with Gasteiger partial charge in [0, 0.05) is 11.4 Å². The fourth-order valence-corrected chi connectivity index (χ4v) is 3.12. The number of para-hydroxylation sites is 1. The summed E-state index contributed by atoms with van der Waals surface area (Å²) in [6.45, 7) is 6.72. The topological polar surface area (TPSA) is 83.7 Å². The molecule has 0 aliphatic heterocycles. The van der Waals surface area contributed by atoms with Gasteiger partial charge in [0.1, 0.15) is 17.1 Å². The van der Waals surface area contributed by atoms with Gasteiger partial charge < -0.3 is 20.3 Å². The Labute approximate surface area is 170 Å². The van der Waals surface area contributed by atoms with Crippen LogP contribution in [0.3, 0.4) is 0 Å². The largest absolute Gasteiger partial charge is 0.505 e. The van der Waals surface area contributed by atoms with Crippen LogP contribution in [0.15, 0.2) is 54.7 Å². The summed E-state index contributed by atoms with van der Waals surface area (Å²) in [4.78, 5) is 12.8. The van der Waals surface area contributed by atoms with E-state index in [1.807, 2.05) is 39.0 Å². The number of aromatic nitrogens is 1. The molecule has 2 aromatic carbocycles. The fourth-order valence-electron chi connectivity index (χ4n) is 3.12. The molecule has 0 atom stereocenters. The van der Waals surface area contributed by atoms with Crippen LogP contribution in [-0.4, -0.2) is 27.3 Å². The smallest absolute Gasteiger partial charge is 0.264 e. The number of hydrogen-bond donors (Lipinski definition) is 3. The van der Waals surface area contributed by atoms with E-state index in [1.54, 1.807) is 30.3 Å². The highest BCUT2D eigenvalue weighted by Gasteiger charge is 2.23. The molecular formula is C23H26N2O4. The third-order valence-electron chi connectivity index (χ3n) is 4.61. The van der Waals surface area contributed by atoms with Crippen molar-refractivity contribution in [3.8, 4) is 23.1 Å². The second kappa shape index (κ2) is 8.73. The second-order valence-corrected chi connectivity index (χ2v) is 7.12. The number of nitrogens with one attached hydrogen (secondary N) is 1. The van der Waals surface area contributed by atoms with Crippen LogP contribution < -0.4 is 10.1 Å². The van der Waals surface area contributed by atoms with Gasteiger partial charge in [0.05, 0.1) is 12.8 Å². The van der Waals surface area contributed by atoms with Gasteiger partial charge in [-0.1, -0.05) is 39.0 Å². The lowest BCUT2D eigenvalue weighted by Crippen LogP contribution is -2.13. The molecule has 1 aromatic heterocycles. The highest BCUT2D eigenvalue weighted by atomic mass is 16.5. The maximum Gasteiger partial charge on any atom is 0.264 e. The van der Waals surface area contributed by atoms with Crippen molar-refractivity contribution in [3.63, 3.8) is 0 Å². The summed E-state index contributed by atoms with van der Waals surface area (Å²) in [6.07, 6.45) is 2.23. The molecule has 6 nitrogen and oxygen atoms in total. The Balaban J connectivity index is 1.87. The summed E-state index contributed by atoms with van der Waals surface area (Å²) in [7, 11) is 0. The molecule has 0 spiro atoms. The van der Waals surface area contributed by atoms with Gasteiger partial charge in [-0.05, 0) is 48.2 Å². The van der Waals surface area contributed by atoms with E-state index in [2.05, 4.69) is 5.32 Å². The number of carbonyl (C=O) groups is 1. The van der Waals surface area contributed by atoms with Crippen molar-refractivity contribution in [2.45, 2.75) is 33.1 Å². The van der Waals surface area contributed by atoms with E-state index in [4.69, 9.17) is 4.74 Å². The standard InChI is InChI=1S/C23H26N2O4/c1-4-13-29-17-11-9-16(10-12-17)25-14-20(26)21(23(25)28)22(27)24-19-8-6-5-7-18(19)15(2)3/h5-12,14-15,26,28H,4,13H2,1-3H3,(H,24,27). The average Bonchev–Trinajstić information content (AvgIpc) is 3.01. The number of carbonyl (C=O) groups excluding carboxylic acids is 1. The number of aromatic hydroxyl groups is 2. The van der Waals surface area contributed by atoms with Crippen molar-refractivity contribution < 1.29 is 19.7 Å². The van der Waals surface area contributed by atoms with Crippen molar-refractivity contribution in [2.24, 2.45) is 0 Å². The third-order valence-corrected chi connectivity index (χ3v) is 4.61. The third kappa shape index (κ3) is 4.37. The Bertz CT molecular complexity index is 991. The summed E-state index contributed by atoms with van der Waals surface area (Å²) >= 11 is 0. The Morgan fingerprint density at radius 3 is 2.45 bits per heavy atom. The van der Waals surface area contributed by atoms with E-state index in [-0.39, 0.29) is 23.1 Å².